The van der Waals surface area contributed by atoms with Gasteiger partial charge in [-0.05, 0) is 103 Å². The molecule has 0 aliphatic carbocycles. The molecule has 350 valence electrons. The molecule has 0 bridgehead atoms. The molecule has 0 rings (SSSR count). The summed E-state index contributed by atoms with van der Waals surface area (Å²) in [6, 6.07) is -0.885. The van der Waals surface area contributed by atoms with Gasteiger partial charge < -0.3 is 19.8 Å². The highest BCUT2D eigenvalue weighted by Crippen LogP contribution is 2.43. The molecule has 9 heteroatoms. The van der Waals surface area contributed by atoms with Crippen LogP contribution < -0.4 is 5.32 Å². The lowest BCUT2D eigenvalue weighted by molar-refractivity contribution is -0.870. The van der Waals surface area contributed by atoms with Crippen LogP contribution in [0.1, 0.15) is 142 Å². The Hall–Kier alpha value is -3.36. The minimum atomic E-state index is -4.36. The van der Waals surface area contributed by atoms with Crippen molar-refractivity contribution in [1.82, 2.24) is 5.32 Å². The molecule has 0 aromatic heterocycles. The number of unbranched alkanes of at least 4 members (excludes halogenated alkanes) is 8. The van der Waals surface area contributed by atoms with Gasteiger partial charge in [0, 0.05) is 6.42 Å². The van der Waals surface area contributed by atoms with Crippen LogP contribution in [0.2, 0.25) is 0 Å². The molecule has 0 aromatic rings. The molecule has 0 saturated heterocycles. The molecular weight excluding hydrogens is 792 g/mol. The largest absolute Gasteiger partial charge is 0.472 e. The molecule has 0 fully saturated rings. The molecule has 0 aliphatic heterocycles. The number of hydrogen-bond donors (Lipinski definition) is 3. The maximum atomic E-state index is 12.8. The topological polar surface area (TPSA) is 105 Å². The standard InChI is InChI=1S/C53H87N2O6P/c1-6-8-10-12-14-16-17-18-19-20-21-22-23-24-25-26-27-28-29-30-31-32-33-34-35-36-37-39-41-43-45-47-53(57)54-51(50-61-62(58,59)60-49-48-55(3,4)5)52(56)46-44-42-40-38-15-13-11-9-7-2/h7-10,14-16,18-19,21-22,24-25,27-28,30-31,33-34,38,44,46,51-52,56H,6,11-13,17,20,23,26,29,32,35-37,39-43,45,47-50H2,1-5H3,(H-,54,57,58,59)/p+1/b9-7+,10-8-,16-14-,19-18-,22-21-,25-24-,28-27-,31-30-,34-33-,38-15+,46-44+. The van der Waals surface area contributed by atoms with Crippen LogP contribution in [0.5, 0.6) is 0 Å². The van der Waals surface area contributed by atoms with Gasteiger partial charge in [-0.15, -0.1) is 0 Å². The van der Waals surface area contributed by atoms with Crippen LogP contribution in [0.25, 0.3) is 0 Å². The summed E-state index contributed by atoms with van der Waals surface area (Å²) in [5.41, 5.74) is 0. The number of hydrogen-bond acceptors (Lipinski definition) is 5. The lowest BCUT2D eigenvalue weighted by atomic mass is 10.1. The molecule has 3 atom stereocenters. The molecule has 62 heavy (non-hydrogen) atoms. The second-order valence-electron chi connectivity index (χ2n) is 16.4. The van der Waals surface area contributed by atoms with Gasteiger partial charge in [0.05, 0.1) is 39.9 Å². The highest BCUT2D eigenvalue weighted by molar-refractivity contribution is 7.47. The third-order valence-electron chi connectivity index (χ3n) is 9.43. The van der Waals surface area contributed by atoms with Crippen molar-refractivity contribution in [2.75, 3.05) is 40.9 Å². The summed E-state index contributed by atoms with van der Waals surface area (Å²) in [6.07, 6.45) is 65.6. The first kappa shape index (κ1) is 58.6. The first-order valence-corrected chi connectivity index (χ1v) is 25.0. The van der Waals surface area contributed by atoms with Crippen LogP contribution in [0.3, 0.4) is 0 Å². The number of phosphoric acid groups is 1. The van der Waals surface area contributed by atoms with Crippen molar-refractivity contribution in [1.29, 1.82) is 0 Å². The number of nitrogens with zero attached hydrogens (tertiary/aromatic N) is 1. The number of allylic oxidation sites excluding steroid dienone is 21. The molecule has 3 N–H and O–H groups in total. The monoisotopic (exact) mass is 880 g/mol. The summed E-state index contributed by atoms with van der Waals surface area (Å²) in [4.78, 5) is 23.1. The molecule has 0 heterocycles. The number of phosphoric ester groups is 1. The summed E-state index contributed by atoms with van der Waals surface area (Å²) in [5, 5.41) is 13.7. The highest BCUT2D eigenvalue weighted by atomic mass is 31.2. The van der Waals surface area contributed by atoms with Gasteiger partial charge in [0.15, 0.2) is 0 Å². The molecule has 0 aromatic carbocycles. The normalized spacial score (nSPS) is 15.4. The number of rotatable bonds is 40. The van der Waals surface area contributed by atoms with E-state index in [-0.39, 0.29) is 19.1 Å². The first-order valence-electron chi connectivity index (χ1n) is 23.5. The Morgan fingerprint density at radius 1 is 0.581 bits per heavy atom. The lowest BCUT2D eigenvalue weighted by Gasteiger charge is -2.25. The van der Waals surface area contributed by atoms with Gasteiger partial charge in [0.25, 0.3) is 0 Å². The second kappa shape index (κ2) is 42.9. The average Bonchev–Trinajstić information content (AvgIpc) is 3.23. The van der Waals surface area contributed by atoms with Gasteiger partial charge in [-0.25, -0.2) is 4.57 Å². The van der Waals surface area contributed by atoms with Crippen LogP contribution >= 0.6 is 7.82 Å². The zero-order chi connectivity index (χ0) is 45.7. The predicted molar refractivity (Wildman–Crippen MR) is 267 cm³/mol. The number of likely N-dealkylation sites (N-methyl/N-ethyl adjacent to an activating group) is 1. The van der Waals surface area contributed by atoms with Gasteiger partial charge in [-0.1, -0.05) is 166 Å². The summed E-state index contributed by atoms with van der Waals surface area (Å²) >= 11 is 0. The fourth-order valence-electron chi connectivity index (χ4n) is 5.74. The third-order valence-corrected chi connectivity index (χ3v) is 10.4. The number of aliphatic hydroxyl groups excluding tert-OH is 1. The van der Waals surface area contributed by atoms with Gasteiger partial charge in [0.1, 0.15) is 13.2 Å². The van der Waals surface area contributed by atoms with E-state index in [9.17, 15) is 19.4 Å². The third kappa shape index (κ3) is 44.7. The summed E-state index contributed by atoms with van der Waals surface area (Å²) < 4.78 is 23.4. The summed E-state index contributed by atoms with van der Waals surface area (Å²) in [6.45, 7) is 4.38. The van der Waals surface area contributed by atoms with E-state index in [0.29, 0.717) is 17.4 Å². The van der Waals surface area contributed by atoms with Crippen molar-refractivity contribution in [2.24, 2.45) is 0 Å². The van der Waals surface area contributed by atoms with Gasteiger partial charge in [-0.2, -0.15) is 0 Å². The molecule has 1 amide bonds. The van der Waals surface area contributed by atoms with Crippen molar-refractivity contribution >= 4 is 13.7 Å². The smallest absolute Gasteiger partial charge is 0.387 e. The zero-order valence-corrected chi connectivity index (χ0v) is 40.4. The summed E-state index contributed by atoms with van der Waals surface area (Å²) in [7, 11) is 1.50. The van der Waals surface area contributed by atoms with Crippen LogP contribution in [0, 0.1) is 0 Å². The summed E-state index contributed by atoms with van der Waals surface area (Å²) in [5.74, 6) is -0.217. The van der Waals surface area contributed by atoms with Gasteiger partial charge in [-0.3, -0.25) is 13.8 Å². The Labute approximate surface area is 379 Å². The molecule has 0 saturated carbocycles. The molecule has 0 spiro atoms. The average molecular weight is 880 g/mol. The number of aliphatic hydroxyl groups is 1. The zero-order valence-electron chi connectivity index (χ0n) is 39.5. The van der Waals surface area contributed by atoms with Crippen LogP contribution in [0.4, 0.5) is 0 Å². The van der Waals surface area contributed by atoms with Crippen LogP contribution in [-0.2, 0) is 18.4 Å². The van der Waals surface area contributed by atoms with E-state index >= 15 is 0 Å². The Bertz CT molecular complexity index is 1460. The van der Waals surface area contributed by atoms with E-state index in [4.69, 9.17) is 9.05 Å². The van der Waals surface area contributed by atoms with E-state index in [1.54, 1.807) is 6.08 Å². The van der Waals surface area contributed by atoms with Crippen molar-refractivity contribution in [3.63, 3.8) is 0 Å². The number of carbonyl (C=O) groups excluding carboxylic acids is 1. The van der Waals surface area contributed by atoms with E-state index < -0.39 is 20.0 Å². The van der Waals surface area contributed by atoms with Gasteiger partial charge >= 0.3 is 7.82 Å². The highest BCUT2D eigenvalue weighted by Gasteiger charge is 2.27. The van der Waals surface area contributed by atoms with E-state index in [1.165, 1.54) is 0 Å². The molecule has 3 unspecified atom stereocenters. The molecule has 0 aliphatic rings. The minimum absolute atomic E-state index is 0.0418. The van der Waals surface area contributed by atoms with Crippen LogP contribution in [0.15, 0.2) is 134 Å². The number of nitrogens with one attached hydrogen (secondary N) is 1. The lowest BCUT2D eigenvalue weighted by Crippen LogP contribution is -2.45. The maximum absolute atomic E-state index is 12.8. The Balaban J connectivity index is 4.25. The van der Waals surface area contributed by atoms with E-state index in [0.717, 1.165) is 122 Å². The van der Waals surface area contributed by atoms with Crippen molar-refractivity contribution in [3.05, 3.63) is 134 Å². The van der Waals surface area contributed by atoms with Crippen molar-refractivity contribution in [2.45, 2.75) is 154 Å². The molecule has 0 radical (unpaired) electrons. The predicted octanol–water partition coefficient (Wildman–Crippen LogP) is 13.6. The first-order chi connectivity index (χ1) is 30.0. The second-order valence-corrected chi connectivity index (χ2v) is 17.8. The minimum Gasteiger partial charge on any atom is -0.387 e. The molecule has 8 nitrogen and oxygen atoms in total. The SMILES string of the molecule is C/C=C/CC/C=C/CC/C=C/C(O)C(COP(=O)(O)OCC[N+](C)(C)C)NC(=O)CCCCCCCC/C=C\C/C=C\C/C=C\C/C=C\C/C=C\C/C=C\C/C=C\C/C=C\CC. The van der Waals surface area contributed by atoms with Gasteiger partial charge in [0.2, 0.25) is 5.91 Å². The van der Waals surface area contributed by atoms with E-state index in [1.807, 2.05) is 40.2 Å². The quantitative estimate of drug-likeness (QED) is 0.0245. The number of quaternary nitrogens is 1. The number of carbonyl (C=O) groups is 1. The van der Waals surface area contributed by atoms with E-state index in [2.05, 4.69) is 128 Å². The van der Waals surface area contributed by atoms with Crippen molar-refractivity contribution < 1.29 is 32.9 Å². The van der Waals surface area contributed by atoms with Crippen LogP contribution in [-0.4, -0.2) is 73.4 Å². The Morgan fingerprint density at radius 3 is 1.48 bits per heavy atom. The molecular formula is C53H88N2O6P+. The maximum Gasteiger partial charge on any atom is 0.472 e. The Morgan fingerprint density at radius 2 is 1.00 bits per heavy atom. The van der Waals surface area contributed by atoms with Crippen molar-refractivity contribution in [3.8, 4) is 0 Å². The Kier molecular flexibility index (Phi) is 40.6. The fourth-order valence-corrected chi connectivity index (χ4v) is 6.48. The number of amides is 1. The fraction of sp³-hybridized carbons (Fsp3) is 0.566.